The van der Waals surface area contributed by atoms with E-state index in [-0.39, 0.29) is 41.0 Å². The number of anilines is 1. The molecule has 4 aromatic rings. The number of β-amino-alcohol motifs (C(OH)–C–C–N with tert-alkyl or cyclic N) is 1. The van der Waals surface area contributed by atoms with Crippen LogP contribution >= 0.6 is 23.2 Å². The van der Waals surface area contributed by atoms with Crippen LogP contribution < -0.4 is 15.2 Å². The number of nitrogen functional groups attached to an aromatic ring is 1. The van der Waals surface area contributed by atoms with Crippen LogP contribution in [0.1, 0.15) is 29.9 Å². The van der Waals surface area contributed by atoms with E-state index >= 15 is 4.39 Å². The number of hydrogen-bond acceptors (Lipinski definition) is 8. The number of likely N-dealkylation sites (tertiary alicyclic amines) is 1. The van der Waals surface area contributed by atoms with Crippen LogP contribution in [0.4, 0.5) is 10.1 Å². The zero-order chi connectivity index (χ0) is 28.2. The highest BCUT2D eigenvalue weighted by molar-refractivity contribution is 6.32. The van der Waals surface area contributed by atoms with Crippen molar-refractivity contribution in [3.8, 4) is 28.7 Å². The number of ether oxygens (including phenoxy) is 2. The number of hydrogen-bond donors (Lipinski definition) is 2. The van der Waals surface area contributed by atoms with Gasteiger partial charge in [-0.1, -0.05) is 29.3 Å². The molecule has 3 N–H and O–H groups in total. The van der Waals surface area contributed by atoms with Crippen molar-refractivity contribution >= 4 is 28.9 Å². The molecular weight excluding hydrogens is 558 g/mol. The van der Waals surface area contributed by atoms with Gasteiger partial charge in [0.2, 0.25) is 11.8 Å². The highest BCUT2D eigenvalue weighted by Crippen LogP contribution is 2.36. The van der Waals surface area contributed by atoms with Crippen LogP contribution in [-0.4, -0.2) is 52.5 Å². The van der Waals surface area contributed by atoms with Crippen LogP contribution in [0, 0.1) is 12.7 Å². The van der Waals surface area contributed by atoms with Crippen molar-refractivity contribution in [1.29, 1.82) is 0 Å². The molecule has 2 heterocycles. The summed E-state index contributed by atoms with van der Waals surface area (Å²) in [6.45, 7) is 4.77. The standard InChI is InChI=1S/C29H29Cl2FN4O4/c1-17-10-22(38-16-21(37)15-36-8-2-3-9-36)5-6-24(17)29-35-34-26(40-29)11-18-4-7-25(31)28(27(18)32)39-23-13-19(30)12-20(33)14-23/h4-7,10,12-14,21,37H,2-3,8-9,11,15-16,33H2,1H3/t21-/m0/s1. The lowest BCUT2D eigenvalue weighted by atomic mass is 10.1. The average Bonchev–Trinajstić information content (AvgIpc) is 3.59. The SMILES string of the molecule is Cc1cc(OC[C@@H](O)CN2CCCC2)ccc1-c1nnc(Cc2ccc(Cl)c(Oc3cc(N)cc(Cl)c3)c2F)o1. The molecule has 0 amide bonds. The summed E-state index contributed by atoms with van der Waals surface area (Å²) in [6.07, 6.45) is 1.82. The smallest absolute Gasteiger partial charge is 0.248 e. The fourth-order valence-corrected chi connectivity index (χ4v) is 5.05. The van der Waals surface area contributed by atoms with Gasteiger partial charge >= 0.3 is 0 Å². The summed E-state index contributed by atoms with van der Waals surface area (Å²) < 4.78 is 32.7. The molecule has 0 spiro atoms. The Morgan fingerprint density at radius 2 is 1.88 bits per heavy atom. The second-order valence-corrected chi connectivity index (χ2v) is 10.6. The summed E-state index contributed by atoms with van der Waals surface area (Å²) in [5.41, 5.74) is 8.02. The predicted molar refractivity (Wildman–Crippen MR) is 152 cm³/mol. The van der Waals surface area contributed by atoms with Gasteiger partial charge in [0.15, 0.2) is 11.6 Å². The fraction of sp³-hybridized carbons (Fsp3) is 0.310. The van der Waals surface area contributed by atoms with Crippen molar-refractivity contribution in [3.63, 3.8) is 0 Å². The minimum absolute atomic E-state index is 0.0270. The number of aryl methyl sites for hydroxylation is 1. The molecule has 1 atom stereocenters. The van der Waals surface area contributed by atoms with Gasteiger partial charge in [-0.25, -0.2) is 4.39 Å². The summed E-state index contributed by atoms with van der Waals surface area (Å²) in [5.74, 6) is 0.603. The number of aromatic nitrogens is 2. The molecule has 0 saturated carbocycles. The quantitative estimate of drug-likeness (QED) is 0.209. The first-order chi connectivity index (χ1) is 19.2. The Labute approximate surface area is 241 Å². The lowest BCUT2D eigenvalue weighted by molar-refractivity contribution is 0.0758. The van der Waals surface area contributed by atoms with Crippen molar-refractivity contribution in [2.45, 2.75) is 32.3 Å². The van der Waals surface area contributed by atoms with E-state index in [1.54, 1.807) is 12.1 Å². The van der Waals surface area contributed by atoms with Crippen LogP contribution in [0.5, 0.6) is 17.2 Å². The van der Waals surface area contributed by atoms with E-state index in [1.165, 1.54) is 37.1 Å². The van der Waals surface area contributed by atoms with Gasteiger partial charge in [0.25, 0.3) is 0 Å². The van der Waals surface area contributed by atoms with Crippen LogP contribution in [0.3, 0.4) is 0 Å². The Morgan fingerprint density at radius 1 is 1.07 bits per heavy atom. The fourth-order valence-electron chi connectivity index (χ4n) is 4.64. The van der Waals surface area contributed by atoms with E-state index in [1.807, 2.05) is 19.1 Å². The molecule has 11 heteroatoms. The summed E-state index contributed by atoms with van der Waals surface area (Å²) in [6, 6.07) is 13.1. The van der Waals surface area contributed by atoms with Crippen molar-refractivity contribution in [2.24, 2.45) is 0 Å². The lowest BCUT2D eigenvalue weighted by Gasteiger charge is -2.19. The molecule has 1 aliphatic rings. The second kappa shape index (κ2) is 12.4. The summed E-state index contributed by atoms with van der Waals surface area (Å²) in [5, 5.41) is 19.0. The minimum Gasteiger partial charge on any atom is -0.491 e. The number of rotatable bonds is 10. The number of nitrogens with zero attached hydrogens (tertiary/aromatic N) is 3. The van der Waals surface area contributed by atoms with E-state index < -0.39 is 11.9 Å². The molecule has 210 valence electrons. The van der Waals surface area contributed by atoms with Crippen molar-refractivity contribution in [2.75, 3.05) is 32.0 Å². The maximum Gasteiger partial charge on any atom is 0.248 e. The maximum atomic E-state index is 15.4. The highest BCUT2D eigenvalue weighted by atomic mass is 35.5. The van der Waals surface area contributed by atoms with Gasteiger partial charge in [-0.2, -0.15) is 0 Å². The van der Waals surface area contributed by atoms with Crippen molar-refractivity contribution < 1.29 is 23.4 Å². The second-order valence-electron chi connectivity index (χ2n) is 9.80. The van der Waals surface area contributed by atoms with Gasteiger partial charge in [-0.15, -0.1) is 10.2 Å². The number of benzene rings is 3. The van der Waals surface area contributed by atoms with E-state index in [9.17, 15) is 5.11 Å². The van der Waals surface area contributed by atoms with Crippen LogP contribution in [0.2, 0.25) is 10.0 Å². The molecule has 0 aliphatic carbocycles. The third kappa shape index (κ3) is 6.85. The average molecular weight is 587 g/mol. The topological polar surface area (TPSA) is 107 Å². The van der Waals surface area contributed by atoms with Gasteiger partial charge in [-0.05, 0) is 74.8 Å². The van der Waals surface area contributed by atoms with Crippen LogP contribution in [0.25, 0.3) is 11.5 Å². The number of halogens is 3. The first-order valence-electron chi connectivity index (χ1n) is 12.9. The number of aliphatic hydroxyl groups excluding tert-OH is 1. The molecule has 40 heavy (non-hydrogen) atoms. The Bertz CT molecular complexity index is 1470. The number of aliphatic hydroxyl groups is 1. The van der Waals surface area contributed by atoms with Crippen LogP contribution in [0.15, 0.2) is 52.9 Å². The Hall–Kier alpha value is -3.37. The van der Waals surface area contributed by atoms with E-state index in [0.717, 1.165) is 24.2 Å². The molecule has 8 nitrogen and oxygen atoms in total. The van der Waals surface area contributed by atoms with E-state index in [2.05, 4.69) is 15.1 Å². The molecule has 1 saturated heterocycles. The van der Waals surface area contributed by atoms with Gasteiger partial charge in [0.05, 0.1) is 11.4 Å². The summed E-state index contributed by atoms with van der Waals surface area (Å²) in [4.78, 5) is 2.24. The molecular formula is C29H29Cl2FN4O4. The lowest BCUT2D eigenvalue weighted by Crippen LogP contribution is -2.33. The number of nitrogens with two attached hydrogens (primary N) is 1. The predicted octanol–water partition coefficient (Wildman–Crippen LogP) is 6.29. The van der Waals surface area contributed by atoms with Crippen molar-refractivity contribution in [3.05, 3.63) is 81.4 Å². The zero-order valence-corrected chi connectivity index (χ0v) is 23.4. The van der Waals surface area contributed by atoms with Gasteiger partial charge < -0.3 is 29.6 Å². The van der Waals surface area contributed by atoms with Crippen molar-refractivity contribution in [1.82, 2.24) is 15.1 Å². The minimum atomic E-state index is -0.657. The summed E-state index contributed by atoms with van der Waals surface area (Å²) >= 11 is 12.2. The first kappa shape index (κ1) is 28.2. The highest BCUT2D eigenvalue weighted by Gasteiger charge is 2.20. The first-order valence-corrected chi connectivity index (χ1v) is 13.7. The third-order valence-electron chi connectivity index (χ3n) is 6.59. The monoisotopic (exact) mass is 586 g/mol. The normalized spacial score (nSPS) is 14.4. The summed E-state index contributed by atoms with van der Waals surface area (Å²) in [7, 11) is 0. The maximum absolute atomic E-state index is 15.4. The van der Waals surface area contributed by atoms with Gasteiger partial charge in [0, 0.05) is 34.4 Å². The van der Waals surface area contributed by atoms with E-state index in [0.29, 0.717) is 28.9 Å². The molecule has 1 fully saturated rings. The molecule has 0 radical (unpaired) electrons. The Balaban J connectivity index is 1.25. The molecule has 5 rings (SSSR count). The zero-order valence-electron chi connectivity index (χ0n) is 21.9. The Kier molecular flexibility index (Phi) is 8.75. The largest absolute Gasteiger partial charge is 0.491 e. The molecule has 3 aromatic carbocycles. The Morgan fingerprint density at radius 3 is 2.62 bits per heavy atom. The molecule has 1 aromatic heterocycles. The third-order valence-corrected chi connectivity index (χ3v) is 7.11. The molecule has 0 bridgehead atoms. The van der Waals surface area contributed by atoms with Gasteiger partial charge in [-0.3, -0.25) is 0 Å². The molecule has 0 unspecified atom stereocenters. The van der Waals surface area contributed by atoms with Gasteiger partial charge in [0.1, 0.15) is 24.2 Å². The van der Waals surface area contributed by atoms with Crippen LogP contribution in [-0.2, 0) is 6.42 Å². The molecule has 1 aliphatic heterocycles. The van der Waals surface area contributed by atoms with E-state index in [4.69, 9.17) is 42.8 Å².